The summed E-state index contributed by atoms with van der Waals surface area (Å²) in [6.07, 6.45) is 0.517. The van der Waals surface area contributed by atoms with Crippen LogP contribution in [0.3, 0.4) is 0 Å². The Kier molecular flexibility index (Phi) is 5.97. The van der Waals surface area contributed by atoms with Gasteiger partial charge < -0.3 is 10.2 Å². The van der Waals surface area contributed by atoms with Gasteiger partial charge in [-0.2, -0.15) is 0 Å². The first-order chi connectivity index (χ1) is 9.34. The molecule has 0 aromatic heterocycles. The maximum atomic E-state index is 11.6. The van der Waals surface area contributed by atoms with Crippen LogP contribution in [0.25, 0.3) is 0 Å². The van der Waals surface area contributed by atoms with E-state index < -0.39 is 10.0 Å². The van der Waals surface area contributed by atoms with Gasteiger partial charge in [0.1, 0.15) is 0 Å². The molecule has 6 nitrogen and oxygen atoms in total. The lowest BCUT2D eigenvalue weighted by Gasteiger charge is -2.13. The van der Waals surface area contributed by atoms with E-state index in [9.17, 15) is 13.2 Å². The van der Waals surface area contributed by atoms with E-state index in [4.69, 9.17) is 0 Å². The van der Waals surface area contributed by atoms with Crippen LogP contribution in [0.1, 0.15) is 13.3 Å². The van der Waals surface area contributed by atoms with Crippen LogP contribution in [0, 0.1) is 0 Å². The lowest BCUT2D eigenvalue weighted by Crippen LogP contribution is -2.34. The Balaban J connectivity index is 2.50. The molecule has 0 unspecified atom stereocenters. The highest BCUT2D eigenvalue weighted by Gasteiger charge is 2.11. The smallest absolute Gasteiger partial charge is 0.239 e. The molecule has 0 aliphatic rings. The predicted molar refractivity (Wildman–Crippen MR) is 81.5 cm³/mol. The van der Waals surface area contributed by atoms with Crippen molar-refractivity contribution in [3.63, 3.8) is 0 Å². The van der Waals surface area contributed by atoms with Gasteiger partial charge in [-0.15, -0.1) is 0 Å². The second kappa shape index (κ2) is 7.25. The monoisotopic (exact) mass is 299 g/mol. The Bertz CT molecular complexity index is 538. The first-order valence-electron chi connectivity index (χ1n) is 6.38. The van der Waals surface area contributed by atoms with Crippen molar-refractivity contribution in [3.8, 4) is 0 Å². The highest BCUT2D eigenvalue weighted by atomic mass is 32.2. The van der Waals surface area contributed by atoms with E-state index in [1.165, 1.54) is 0 Å². The van der Waals surface area contributed by atoms with Gasteiger partial charge in [0.15, 0.2) is 0 Å². The molecule has 20 heavy (non-hydrogen) atoms. The largest absolute Gasteiger partial charge is 0.378 e. The molecule has 112 valence electrons. The summed E-state index contributed by atoms with van der Waals surface area (Å²) in [6.45, 7) is 1.52. The van der Waals surface area contributed by atoms with Gasteiger partial charge in [-0.05, 0) is 30.7 Å². The number of hydrogen-bond donors (Lipinski definition) is 2. The predicted octanol–water partition coefficient (Wildman–Crippen LogP) is 1.02. The van der Waals surface area contributed by atoms with Crippen LogP contribution < -0.4 is 14.9 Å². The quantitative estimate of drug-likeness (QED) is 0.788. The van der Waals surface area contributed by atoms with E-state index in [1.807, 2.05) is 31.1 Å². The molecule has 1 aromatic rings. The van der Waals surface area contributed by atoms with Gasteiger partial charge in [-0.3, -0.25) is 4.79 Å². The first-order valence-corrected chi connectivity index (χ1v) is 8.04. The number of carbonyl (C=O) groups excluding carboxylic acids is 1. The van der Waals surface area contributed by atoms with Crippen LogP contribution in [0.2, 0.25) is 0 Å². The molecule has 0 atom stereocenters. The summed E-state index contributed by atoms with van der Waals surface area (Å²) in [5.74, 6) is -0.361. The minimum atomic E-state index is -3.35. The molecule has 0 bridgehead atoms. The second-order valence-corrected chi connectivity index (χ2v) is 6.56. The third kappa shape index (κ3) is 5.58. The van der Waals surface area contributed by atoms with Crippen molar-refractivity contribution < 1.29 is 13.2 Å². The fraction of sp³-hybridized carbons (Fsp3) is 0.462. The maximum absolute atomic E-state index is 11.6. The normalized spacial score (nSPS) is 11.2. The van der Waals surface area contributed by atoms with Crippen LogP contribution in [0.4, 0.5) is 11.4 Å². The topological polar surface area (TPSA) is 78.5 Å². The lowest BCUT2D eigenvalue weighted by atomic mass is 10.2. The first kappa shape index (κ1) is 16.5. The average Bonchev–Trinajstić information content (AvgIpc) is 2.37. The van der Waals surface area contributed by atoms with E-state index in [0.29, 0.717) is 12.1 Å². The van der Waals surface area contributed by atoms with Crippen molar-refractivity contribution >= 4 is 27.3 Å². The number of carbonyl (C=O) groups is 1. The number of hydrogen-bond acceptors (Lipinski definition) is 4. The zero-order valence-corrected chi connectivity index (χ0v) is 12.8. The van der Waals surface area contributed by atoms with Crippen molar-refractivity contribution in [1.82, 2.24) is 4.72 Å². The molecule has 0 radical (unpaired) electrons. The molecule has 1 amide bonds. The Labute approximate surface area is 120 Å². The minimum absolute atomic E-state index is 0.0256. The summed E-state index contributed by atoms with van der Waals surface area (Å²) in [5.41, 5.74) is 1.65. The van der Waals surface area contributed by atoms with E-state index in [0.717, 1.165) is 5.69 Å². The molecule has 0 aliphatic heterocycles. The van der Waals surface area contributed by atoms with Crippen LogP contribution in [0.5, 0.6) is 0 Å². The number of benzene rings is 1. The SMILES string of the molecule is CCCS(=O)(=O)NCC(=O)Nc1ccc(N(C)C)cc1. The third-order valence-electron chi connectivity index (χ3n) is 2.59. The summed E-state index contributed by atoms with van der Waals surface area (Å²) in [5, 5.41) is 2.64. The van der Waals surface area contributed by atoms with E-state index in [1.54, 1.807) is 19.1 Å². The van der Waals surface area contributed by atoms with Gasteiger partial charge in [-0.1, -0.05) is 6.92 Å². The molecular weight excluding hydrogens is 278 g/mol. The zero-order chi connectivity index (χ0) is 15.2. The third-order valence-corrected chi connectivity index (χ3v) is 4.12. The molecular formula is C13H21N3O3S. The number of nitrogens with zero attached hydrogens (tertiary/aromatic N) is 1. The highest BCUT2D eigenvalue weighted by Crippen LogP contribution is 2.15. The molecule has 1 aromatic carbocycles. The summed E-state index contributed by atoms with van der Waals surface area (Å²) in [7, 11) is 0.499. The standard InChI is InChI=1S/C13H21N3O3S/c1-4-9-20(18,19)14-10-13(17)15-11-5-7-12(8-6-11)16(2)3/h5-8,14H,4,9-10H2,1-3H3,(H,15,17). The van der Waals surface area contributed by atoms with Crippen molar-refractivity contribution in [2.45, 2.75) is 13.3 Å². The fourth-order valence-electron chi connectivity index (χ4n) is 1.56. The summed E-state index contributed by atoms with van der Waals surface area (Å²) < 4.78 is 25.1. The summed E-state index contributed by atoms with van der Waals surface area (Å²) in [4.78, 5) is 13.6. The Morgan fingerprint density at radius 2 is 1.80 bits per heavy atom. The number of amides is 1. The van der Waals surface area contributed by atoms with Crippen LogP contribution >= 0.6 is 0 Å². The van der Waals surface area contributed by atoms with Crippen molar-refractivity contribution in [2.24, 2.45) is 0 Å². The Hall–Kier alpha value is -1.60. The molecule has 0 heterocycles. The van der Waals surface area contributed by atoms with Gasteiger partial charge in [0.25, 0.3) is 0 Å². The van der Waals surface area contributed by atoms with Crippen LogP contribution in [0.15, 0.2) is 24.3 Å². The van der Waals surface area contributed by atoms with Crippen molar-refractivity contribution in [3.05, 3.63) is 24.3 Å². The molecule has 0 aliphatic carbocycles. The maximum Gasteiger partial charge on any atom is 0.239 e. The molecule has 0 fully saturated rings. The average molecular weight is 299 g/mol. The van der Waals surface area contributed by atoms with Gasteiger partial charge in [0.05, 0.1) is 12.3 Å². The van der Waals surface area contributed by atoms with E-state index in [2.05, 4.69) is 10.0 Å². The summed E-state index contributed by atoms with van der Waals surface area (Å²) >= 11 is 0. The van der Waals surface area contributed by atoms with E-state index >= 15 is 0 Å². The minimum Gasteiger partial charge on any atom is -0.378 e. The molecule has 0 saturated carbocycles. The molecule has 0 spiro atoms. The number of nitrogens with one attached hydrogen (secondary N) is 2. The van der Waals surface area contributed by atoms with E-state index in [-0.39, 0.29) is 18.2 Å². The molecule has 1 rings (SSSR count). The zero-order valence-electron chi connectivity index (χ0n) is 12.0. The number of anilines is 2. The molecule has 2 N–H and O–H groups in total. The van der Waals surface area contributed by atoms with Crippen LogP contribution in [-0.4, -0.2) is 40.7 Å². The van der Waals surface area contributed by atoms with Crippen LogP contribution in [-0.2, 0) is 14.8 Å². The molecule has 0 saturated heterocycles. The van der Waals surface area contributed by atoms with Crippen molar-refractivity contribution in [2.75, 3.05) is 36.6 Å². The number of rotatable bonds is 7. The summed E-state index contributed by atoms with van der Waals surface area (Å²) in [6, 6.07) is 7.29. The second-order valence-electron chi connectivity index (χ2n) is 4.63. The molecule has 7 heteroatoms. The highest BCUT2D eigenvalue weighted by molar-refractivity contribution is 7.89. The fourth-order valence-corrected chi connectivity index (χ4v) is 2.60. The van der Waals surface area contributed by atoms with Gasteiger partial charge >= 0.3 is 0 Å². The Morgan fingerprint density at radius 1 is 1.20 bits per heavy atom. The van der Waals surface area contributed by atoms with Gasteiger partial charge in [0, 0.05) is 25.5 Å². The van der Waals surface area contributed by atoms with Crippen molar-refractivity contribution in [1.29, 1.82) is 0 Å². The Morgan fingerprint density at radius 3 is 2.30 bits per heavy atom. The lowest BCUT2D eigenvalue weighted by molar-refractivity contribution is -0.115. The van der Waals surface area contributed by atoms with Gasteiger partial charge in [0.2, 0.25) is 15.9 Å². The van der Waals surface area contributed by atoms with Gasteiger partial charge in [-0.25, -0.2) is 13.1 Å². The number of sulfonamides is 1.